The van der Waals surface area contributed by atoms with Gasteiger partial charge in [-0.1, -0.05) is 0 Å². The van der Waals surface area contributed by atoms with Crippen LogP contribution in [0, 0.1) is 0 Å². The Labute approximate surface area is 105 Å². The minimum Gasteiger partial charge on any atom is -0.382 e. The highest BCUT2D eigenvalue weighted by atomic mass is 16.5. The van der Waals surface area contributed by atoms with Gasteiger partial charge < -0.3 is 10.1 Å². The summed E-state index contributed by atoms with van der Waals surface area (Å²) in [4.78, 5) is 0. The molecule has 1 fully saturated rings. The first-order valence-electron chi connectivity index (χ1n) is 6.09. The molecule has 6 heteroatoms. The number of rotatable bonds is 3. The Hall–Kier alpha value is -1.95. The highest BCUT2D eigenvalue weighted by Gasteiger charge is 2.13. The molecule has 1 aliphatic rings. The summed E-state index contributed by atoms with van der Waals surface area (Å²) >= 11 is 0. The zero-order valence-electron chi connectivity index (χ0n) is 9.99. The summed E-state index contributed by atoms with van der Waals surface area (Å²) in [5.74, 6) is 0. The summed E-state index contributed by atoms with van der Waals surface area (Å²) in [5, 5.41) is 14.6. The van der Waals surface area contributed by atoms with E-state index in [4.69, 9.17) is 4.74 Å². The van der Waals surface area contributed by atoms with Crippen molar-refractivity contribution >= 4 is 5.69 Å². The second-order valence-electron chi connectivity index (χ2n) is 4.33. The van der Waals surface area contributed by atoms with Crippen LogP contribution in [0.25, 0.3) is 5.69 Å². The largest absolute Gasteiger partial charge is 0.382 e. The van der Waals surface area contributed by atoms with Crippen LogP contribution in [0.1, 0.15) is 12.8 Å². The van der Waals surface area contributed by atoms with E-state index in [0.717, 1.165) is 37.4 Å². The number of anilines is 1. The van der Waals surface area contributed by atoms with Crippen molar-refractivity contribution in [2.24, 2.45) is 0 Å². The van der Waals surface area contributed by atoms with Crippen LogP contribution >= 0.6 is 0 Å². The Morgan fingerprint density at radius 2 is 1.94 bits per heavy atom. The molecular weight excluding hydrogens is 230 g/mol. The molecule has 2 heterocycles. The highest BCUT2D eigenvalue weighted by Crippen LogP contribution is 2.16. The molecule has 2 aromatic rings. The van der Waals surface area contributed by atoms with Crippen LogP contribution in [0.15, 0.2) is 30.6 Å². The van der Waals surface area contributed by atoms with E-state index in [-0.39, 0.29) is 0 Å². The van der Waals surface area contributed by atoms with Crippen LogP contribution in [0.5, 0.6) is 0 Å². The van der Waals surface area contributed by atoms with Gasteiger partial charge >= 0.3 is 0 Å². The molecule has 3 rings (SSSR count). The Kier molecular flexibility index (Phi) is 3.18. The van der Waals surface area contributed by atoms with Gasteiger partial charge in [0, 0.05) is 24.9 Å². The maximum atomic E-state index is 5.34. The smallest absolute Gasteiger partial charge is 0.143 e. The van der Waals surface area contributed by atoms with Crippen LogP contribution in [0.3, 0.4) is 0 Å². The predicted octanol–water partition coefficient (Wildman–Crippen LogP) is 1.25. The van der Waals surface area contributed by atoms with Crippen LogP contribution < -0.4 is 5.32 Å². The molecule has 1 N–H and O–H groups in total. The number of benzene rings is 1. The second-order valence-corrected chi connectivity index (χ2v) is 4.33. The van der Waals surface area contributed by atoms with E-state index in [1.807, 2.05) is 24.3 Å². The van der Waals surface area contributed by atoms with Gasteiger partial charge in [-0.15, -0.1) is 5.10 Å². The molecule has 1 saturated heterocycles. The van der Waals surface area contributed by atoms with Crippen LogP contribution in [-0.2, 0) is 4.74 Å². The lowest BCUT2D eigenvalue weighted by molar-refractivity contribution is 0.0904. The van der Waals surface area contributed by atoms with E-state index in [1.165, 1.54) is 0 Å². The summed E-state index contributed by atoms with van der Waals surface area (Å²) in [5.41, 5.74) is 2.08. The predicted molar refractivity (Wildman–Crippen MR) is 66.6 cm³/mol. The van der Waals surface area contributed by atoms with E-state index in [0.29, 0.717) is 6.04 Å². The summed E-state index contributed by atoms with van der Waals surface area (Å²) in [6.45, 7) is 1.70. The number of nitrogens with one attached hydrogen (secondary N) is 1. The third-order valence-corrected chi connectivity index (χ3v) is 3.07. The average molecular weight is 245 g/mol. The topological polar surface area (TPSA) is 64.9 Å². The van der Waals surface area contributed by atoms with E-state index in [1.54, 1.807) is 11.0 Å². The third kappa shape index (κ3) is 2.48. The SMILES string of the molecule is c1cc(-n2cnnn2)ccc1NC1CCOCC1. The first-order valence-corrected chi connectivity index (χ1v) is 6.09. The zero-order chi connectivity index (χ0) is 12.2. The van der Waals surface area contributed by atoms with Crippen molar-refractivity contribution < 1.29 is 4.74 Å². The quantitative estimate of drug-likeness (QED) is 0.881. The number of tetrazole rings is 1. The molecule has 0 atom stereocenters. The van der Waals surface area contributed by atoms with Crippen molar-refractivity contribution in [1.29, 1.82) is 0 Å². The standard InChI is InChI=1S/C12H15N5O/c1-3-12(17-9-13-15-16-17)4-2-10(1)14-11-5-7-18-8-6-11/h1-4,9,11,14H,5-8H2. The van der Waals surface area contributed by atoms with Crippen molar-refractivity contribution in [1.82, 2.24) is 20.2 Å². The van der Waals surface area contributed by atoms with Gasteiger partial charge in [-0.2, -0.15) is 0 Å². The molecule has 0 amide bonds. The molecule has 0 radical (unpaired) electrons. The van der Waals surface area contributed by atoms with Gasteiger partial charge in [-0.25, -0.2) is 4.68 Å². The second kappa shape index (κ2) is 5.14. The minimum absolute atomic E-state index is 0.512. The number of aromatic nitrogens is 4. The van der Waals surface area contributed by atoms with Gasteiger partial charge in [-0.05, 0) is 47.5 Å². The van der Waals surface area contributed by atoms with Gasteiger partial charge in [0.05, 0.1) is 5.69 Å². The van der Waals surface area contributed by atoms with E-state index < -0.39 is 0 Å². The van der Waals surface area contributed by atoms with Gasteiger partial charge in [0.1, 0.15) is 6.33 Å². The molecule has 1 aromatic heterocycles. The number of nitrogens with zero attached hydrogens (tertiary/aromatic N) is 4. The zero-order valence-corrected chi connectivity index (χ0v) is 9.99. The fraction of sp³-hybridized carbons (Fsp3) is 0.417. The number of hydrogen-bond donors (Lipinski definition) is 1. The van der Waals surface area contributed by atoms with Crippen molar-refractivity contribution in [2.45, 2.75) is 18.9 Å². The molecule has 0 bridgehead atoms. The molecule has 0 spiro atoms. The molecule has 0 saturated carbocycles. The Bertz CT molecular complexity index is 476. The molecule has 1 aromatic carbocycles. The van der Waals surface area contributed by atoms with Crippen LogP contribution in [-0.4, -0.2) is 39.5 Å². The van der Waals surface area contributed by atoms with Crippen molar-refractivity contribution in [3.63, 3.8) is 0 Å². The van der Waals surface area contributed by atoms with E-state index >= 15 is 0 Å². The Balaban J connectivity index is 1.67. The molecule has 0 unspecified atom stereocenters. The summed E-state index contributed by atoms with van der Waals surface area (Å²) in [7, 11) is 0. The molecular formula is C12H15N5O. The minimum atomic E-state index is 0.512. The maximum absolute atomic E-state index is 5.34. The van der Waals surface area contributed by atoms with Crippen molar-refractivity contribution in [3.8, 4) is 5.69 Å². The maximum Gasteiger partial charge on any atom is 0.143 e. The van der Waals surface area contributed by atoms with Gasteiger partial charge in [-0.3, -0.25) is 0 Å². The monoisotopic (exact) mass is 245 g/mol. The van der Waals surface area contributed by atoms with E-state index in [2.05, 4.69) is 20.8 Å². The highest BCUT2D eigenvalue weighted by molar-refractivity contribution is 5.48. The fourth-order valence-corrected chi connectivity index (χ4v) is 2.07. The number of ether oxygens (including phenoxy) is 1. The Morgan fingerprint density at radius 3 is 2.61 bits per heavy atom. The molecule has 0 aliphatic carbocycles. The first kappa shape index (κ1) is 11.2. The molecule has 6 nitrogen and oxygen atoms in total. The van der Waals surface area contributed by atoms with Crippen molar-refractivity contribution in [3.05, 3.63) is 30.6 Å². The fourth-order valence-electron chi connectivity index (χ4n) is 2.07. The lowest BCUT2D eigenvalue weighted by atomic mass is 10.1. The summed E-state index contributed by atoms with van der Waals surface area (Å²) in [6.07, 6.45) is 3.71. The van der Waals surface area contributed by atoms with E-state index in [9.17, 15) is 0 Å². The lowest BCUT2D eigenvalue weighted by Gasteiger charge is -2.24. The summed E-state index contributed by atoms with van der Waals surface area (Å²) < 4.78 is 6.98. The van der Waals surface area contributed by atoms with Crippen LogP contribution in [0.2, 0.25) is 0 Å². The average Bonchev–Trinajstić information content (AvgIpc) is 2.95. The molecule has 94 valence electrons. The van der Waals surface area contributed by atoms with Gasteiger partial charge in [0.25, 0.3) is 0 Å². The van der Waals surface area contributed by atoms with Crippen LogP contribution in [0.4, 0.5) is 5.69 Å². The third-order valence-electron chi connectivity index (χ3n) is 3.07. The number of hydrogen-bond acceptors (Lipinski definition) is 5. The van der Waals surface area contributed by atoms with Gasteiger partial charge in [0.15, 0.2) is 0 Å². The summed E-state index contributed by atoms with van der Waals surface area (Å²) in [6, 6.07) is 8.60. The molecule has 18 heavy (non-hydrogen) atoms. The van der Waals surface area contributed by atoms with Crippen molar-refractivity contribution in [2.75, 3.05) is 18.5 Å². The van der Waals surface area contributed by atoms with Gasteiger partial charge in [0.2, 0.25) is 0 Å². The first-order chi connectivity index (χ1) is 8.92. The lowest BCUT2D eigenvalue weighted by Crippen LogP contribution is -2.27. The Morgan fingerprint density at radius 1 is 1.17 bits per heavy atom. The molecule has 1 aliphatic heterocycles. The normalized spacial score (nSPS) is 16.7.